The van der Waals surface area contributed by atoms with Gasteiger partial charge in [0.15, 0.2) is 12.4 Å². The van der Waals surface area contributed by atoms with Gasteiger partial charge in [0.05, 0.1) is 11.3 Å². The zero-order valence-corrected chi connectivity index (χ0v) is 18.9. The fourth-order valence-corrected chi connectivity index (χ4v) is 4.69. The number of amides is 1. The monoisotopic (exact) mass is 479 g/mol. The summed E-state index contributed by atoms with van der Waals surface area (Å²) in [5, 5.41) is 5.69. The number of ketones is 1. The van der Waals surface area contributed by atoms with Gasteiger partial charge in [-0.3, -0.25) is 9.59 Å². The average molecular weight is 480 g/mol. The van der Waals surface area contributed by atoms with Crippen molar-refractivity contribution in [2.45, 2.75) is 18.0 Å². The highest BCUT2D eigenvalue weighted by molar-refractivity contribution is 7.89. The van der Waals surface area contributed by atoms with Gasteiger partial charge in [-0.05, 0) is 61.0 Å². The van der Waals surface area contributed by atoms with Gasteiger partial charge in [-0.2, -0.15) is 4.72 Å². The Balaban J connectivity index is 1.34. The fourth-order valence-electron chi connectivity index (χ4n) is 3.39. The number of rotatable bonds is 6. The Morgan fingerprint density at radius 3 is 2.24 bits per heavy atom. The van der Waals surface area contributed by atoms with Crippen molar-refractivity contribution in [1.82, 2.24) is 4.72 Å². The highest BCUT2D eigenvalue weighted by atomic mass is 32.2. The molecule has 1 aliphatic heterocycles. The summed E-state index contributed by atoms with van der Waals surface area (Å²) < 4.78 is 32.6. The molecule has 1 atom stereocenters. The molecule has 3 aromatic rings. The number of para-hydroxylation sites is 1. The summed E-state index contributed by atoms with van der Waals surface area (Å²) in [6.45, 7) is 0.957. The van der Waals surface area contributed by atoms with Crippen molar-refractivity contribution in [3.63, 3.8) is 0 Å². The second kappa shape index (κ2) is 9.46. The lowest BCUT2D eigenvalue weighted by molar-refractivity contribution is -0.119. The van der Waals surface area contributed by atoms with Crippen LogP contribution in [-0.4, -0.2) is 32.7 Å². The first-order chi connectivity index (χ1) is 16.2. The molecule has 0 unspecified atom stereocenters. The molecular formula is C24H21N3O6S. The van der Waals surface area contributed by atoms with Gasteiger partial charge in [0, 0.05) is 11.3 Å². The minimum Gasteiger partial charge on any atom is -0.452 e. The smallest absolute Gasteiger partial charge is 0.338 e. The van der Waals surface area contributed by atoms with Crippen LogP contribution in [0, 0.1) is 0 Å². The summed E-state index contributed by atoms with van der Waals surface area (Å²) in [4.78, 5) is 35.8. The molecule has 0 saturated carbocycles. The van der Waals surface area contributed by atoms with Gasteiger partial charge in [-0.15, -0.1) is 0 Å². The molecule has 4 rings (SSSR count). The van der Waals surface area contributed by atoms with Crippen LogP contribution >= 0.6 is 0 Å². The maximum Gasteiger partial charge on any atom is 0.338 e. The van der Waals surface area contributed by atoms with E-state index in [-0.39, 0.29) is 16.2 Å². The van der Waals surface area contributed by atoms with Crippen LogP contribution in [0.4, 0.5) is 11.4 Å². The molecule has 0 saturated heterocycles. The molecule has 0 bridgehead atoms. The predicted molar refractivity (Wildman–Crippen MR) is 125 cm³/mol. The van der Waals surface area contributed by atoms with E-state index in [2.05, 4.69) is 15.4 Å². The topological polar surface area (TPSA) is 131 Å². The molecule has 174 valence electrons. The van der Waals surface area contributed by atoms with Gasteiger partial charge < -0.3 is 15.4 Å². The van der Waals surface area contributed by atoms with Gasteiger partial charge >= 0.3 is 5.97 Å². The van der Waals surface area contributed by atoms with Crippen molar-refractivity contribution in [3.05, 3.63) is 89.5 Å². The van der Waals surface area contributed by atoms with E-state index in [1.165, 1.54) is 25.1 Å². The molecule has 0 fully saturated rings. The Morgan fingerprint density at radius 2 is 1.56 bits per heavy atom. The number of ether oxygens (including phenoxy) is 1. The third-order valence-corrected chi connectivity index (χ3v) is 6.62. The van der Waals surface area contributed by atoms with E-state index >= 15 is 0 Å². The molecule has 0 spiro atoms. The van der Waals surface area contributed by atoms with Crippen molar-refractivity contribution >= 4 is 39.1 Å². The Kier molecular flexibility index (Phi) is 6.44. The van der Waals surface area contributed by atoms with E-state index < -0.39 is 34.7 Å². The molecule has 34 heavy (non-hydrogen) atoms. The van der Waals surface area contributed by atoms with Gasteiger partial charge in [0.2, 0.25) is 10.0 Å². The zero-order valence-electron chi connectivity index (χ0n) is 18.1. The second-order valence-corrected chi connectivity index (χ2v) is 9.26. The number of hydrogen-bond donors (Lipinski definition) is 3. The largest absolute Gasteiger partial charge is 0.452 e. The van der Waals surface area contributed by atoms with Crippen molar-refractivity contribution < 1.29 is 27.5 Å². The molecule has 0 aliphatic carbocycles. The normalized spacial score (nSPS) is 16.0. The SMILES string of the molecule is CC(=O)c1ccc(NC(=O)COC(=O)c2ccc([C@H]3Nc4ccccc4S(=O)(=O)N3)cc2)cc1. The van der Waals surface area contributed by atoms with Crippen LogP contribution < -0.4 is 15.4 Å². The van der Waals surface area contributed by atoms with Gasteiger partial charge in [0.25, 0.3) is 5.91 Å². The third kappa shape index (κ3) is 5.13. The van der Waals surface area contributed by atoms with Crippen LogP contribution in [0.5, 0.6) is 0 Å². The van der Waals surface area contributed by atoms with E-state index in [4.69, 9.17) is 4.74 Å². The number of carbonyl (C=O) groups is 3. The van der Waals surface area contributed by atoms with Crippen LogP contribution in [-0.2, 0) is 19.6 Å². The van der Waals surface area contributed by atoms with E-state index in [9.17, 15) is 22.8 Å². The number of hydrogen-bond acceptors (Lipinski definition) is 7. The molecule has 1 heterocycles. The predicted octanol–water partition coefficient (Wildman–Crippen LogP) is 3.09. The zero-order chi connectivity index (χ0) is 24.3. The summed E-state index contributed by atoms with van der Waals surface area (Å²) in [5.74, 6) is -1.31. The van der Waals surface area contributed by atoms with Crippen molar-refractivity contribution in [3.8, 4) is 0 Å². The molecule has 3 N–H and O–H groups in total. The van der Waals surface area contributed by atoms with Gasteiger partial charge in [0.1, 0.15) is 11.1 Å². The quantitative estimate of drug-likeness (QED) is 0.366. The number of benzene rings is 3. The van der Waals surface area contributed by atoms with Crippen molar-refractivity contribution in [2.75, 3.05) is 17.2 Å². The molecular weight excluding hydrogens is 458 g/mol. The lowest BCUT2D eigenvalue weighted by Crippen LogP contribution is -2.38. The summed E-state index contributed by atoms with van der Waals surface area (Å²) in [6, 6.07) is 19.1. The number of anilines is 2. The molecule has 1 amide bonds. The Morgan fingerprint density at radius 1 is 0.912 bits per heavy atom. The standard InChI is InChI=1S/C24H21N3O6S/c1-15(28)16-10-12-19(13-11-16)25-22(29)14-33-24(30)18-8-6-17(7-9-18)23-26-20-4-2-3-5-21(20)34(31,32)27-23/h2-13,23,26-27H,14H2,1H3,(H,25,29)/t23-/m0/s1. The lowest BCUT2D eigenvalue weighted by atomic mass is 10.1. The van der Waals surface area contributed by atoms with E-state index in [1.54, 1.807) is 54.6 Å². The Hall–Kier alpha value is -4.02. The number of sulfonamides is 1. The first-order valence-corrected chi connectivity index (χ1v) is 11.8. The van der Waals surface area contributed by atoms with Gasteiger partial charge in [-0.1, -0.05) is 24.3 Å². The number of Topliss-reactive ketones (excluding diaryl/α,β-unsaturated/α-hetero) is 1. The summed E-state index contributed by atoms with van der Waals surface area (Å²) in [5.41, 5.74) is 2.28. The minimum absolute atomic E-state index is 0.0840. The van der Waals surface area contributed by atoms with Crippen LogP contribution in [0.1, 0.15) is 39.4 Å². The highest BCUT2D eigenvalue weighted by Crippen LogP contribution is 2.30. The van der Waals surface area contributed by atoms with Crippen LogP contribution in [0.3, 0.4) is 0 Å². The minimum atomic E-state index is -3.68. The Bertz CT molecular complexity index is 1350. The molecule has 1 aliphatic rings. The maximum absolute atomic E-state index is 12.5. The molecule has 10 heteroatoms. The molecule has 9 nitrogen and oxygen atoms in total. The summed E-state index contributed by atoms with van der Waals surface area (Å²) >= 11 is 0. The Labute approximate surface area is 196 Å². The number of nitrogens with one attached hydrogen (secondary N) is 3. The molecule has 0 radical (unpaired) electrons. The van der Waals surface area contributed by atoms with E-state index in [0.717, 1.165) is 0 Å². The maximum atomic E-state index is 12.5. The number of carbonyl (C=O) groups excluding carboxylic acids is 3. The molecule has 3 aromatic carbocycles. The first kappa shape index (κ1) is 23.1. The second-order valence-electron chi connectivity index (χ2n) is 7.57. The van der Waals surface area contributed by atoms with Crippen molar-refractivity contribution in [1.29, 1.82) is 0 Å². The molecule has 0 aromatic heterocycles. The fraction of sp³-hybridized carbons (Fsp3) is 0.125. The summed E-state index contributed by atoms with van der Waals surface area (Å²) in [7, 11) is -3.68. The number of fused-ring (bicyclic) bond motifs is 1. The third-order valence-electron chi connectivity index (χ3n) is 5.14. The summed E-state index contributed by atoms with van der Waals surface area (Å²) in [6.07, 6.45) is -0.704. The van der Waals surface area contributed by atoms with E-state index in [1.807, 2.05) is 0 Å². The van der Waals surface area contributed by atoms with Gasteiger partial charge in [-0.25, -0.2) is 13.2 Å². The average Bonchev–Trinajstić information content (AvgIpc) is 2.82. The first-order valence-electron chi connectivity index (χ1n) is 10.3. The lowest BCUT2D eigenvalue weighted by Gasteiger charge is -2.28. The van der Waals surface area contributed by atoms with Crippen molar-refractivity contribution in [2.24, 2.45) is 0 Å². The van der Waals surface area contributed by atoms with Crippen LogP contribution in [0.25, 0.3) is 0 Å². The van der Waals surface area contributed by atoms with Crippen LogP contribution in [0.2, 0.25) is 0 Å². The number of esters is 1. The highest BCUT2D eigenvalue weighted by Gasteiger charge is 2.29. The van der Waals surface area contributed by atoms with Crippen LogP contribution in [0.15, 0.2) is 77.7 Å². The van der Waals surface area contributed by atoms with E-state index in [0.29, 0.717) is 22.5 Å².